The van der Waals surface area contributed by atoms with Gasteiger partial charge in [0.15, 0.2) is 0 Å². The molecule has 1 aliphatic carbocycles. The molecule has 2 aliphatic rings. The molecule has 4 nitrogen and oxygen atoms in total. The first-order valence-corrected chi connectivity index (χ1v) is 7.52. The van der Waals surface area contributed by atoms with Gasteiger partial charge in [0.05, 0.1) is 5.54 Å². The maximum absolute atomic E-state index is 12.3. The highest BCUT2D eigenvalue weighted by molar-refractivity contribution is 5.85. The first kappa shape index (κ1) is 14.5. The Morgan fingerprint density at radius 3 is 2.79 bits per heavy atom. The van der Waals surface area contributed by atoms with Gasteiger partial charge in [0.1, 0.15) is 0 Å². The van der Waals surface area contributed by atoms with Gasteiger partial charge in [-0.05, 0) is 39.5 Å². The second-order valence-corrected chi connectivity index (χ2v) is 6.06. The molecule has 1 saturated heterocycles. The van der Waals surface area contributed by atoms with Crippen LogP contribution in [0.1, 0.15) is 39.5 Å². The first-order chi connectivity index (χ1) is 9.10. The second-order valence-electron chi connectivity index (χ2n) is 6.06. The average molecular weight is 265 g/mol. The minimum absolute atomic E-state index is 0.160. The van der Waals surface area contributed by atoms with Crippen molar-refractivity contribution in [3.63, 3.8) is 0 Å². The van der Waals surface area contributed by atoms with Gasteiger partial charge in [-0.1, -0.05) is 11.6 Å². The van der Waals surface area contributed by atoms with E-state index in [2.05, 4.69) is 21.6 Å². The van der Waals surface area contributed by atoms with Crippen LogP contribution in [0.2, 0.25) is 0 Å². The van der Waals surface area contributed by atoms with E-state index in [4.69, 9.17) is 0 Å². The Morgan fingerprint density at radius 1 is 1.42 bits per heavy atom. The van der Waals surface area contributed by atoms with Crippen molar-refractivity contribution in [2.24, 2.45) is 0 Å². The fraction of sp³-hybridized carbons (Fsp3) is 0.800. The summed E-state index contributed by atoms with van der Waals surface area (Å²) in [6.07, 6.45) is 7.07. The van der Waals surface area contributed by atoms with Crippen molar-refractivity contribution >= 4 is 5.91 Å². The third-order valence-electron chi connectivity index (χ3n) is 4.33. The molecule has 0 spiro atoms. The molecule has 1 aliphatic heterocycles. The van der Waals surface area contributed by atoms with Crippen LogP contribution in [0.4, 0.5) is 0 Å². The van der Waals surface area contributed by atoms with Crippen LogP contribution in [0.3, 0.4) is 0 Å². The molecule has 0 aromatic heterocycles. The smallest absolute Gasteiger partial charge is 0.239 e. The molecule has 1 heterocycles. The third-order valence-corrected chi connectivity index (χ3v) is 4.33. The molecular weight excluding hydrogens is 238 g/mol. The molecule has 0 radical (unpaired) electrons. The summed E-state index contributed by atoms with van der Waals surface area (Å²) in [7, 11) is 0. The summed E-state index contributed by atoms with van der Waals surface area (Å²) in [5.41, 5.74) is 1.12. The Balaban J connectivity index is 1.76. The largest absolute Gasteiger partial charge is 0.354 e. The lowest BCUT2D eigenvalue weighted by Crippen LogP contribution is -2.60. The maximum Gasteiger partial charge on any atom is 0.239 e. The molecule has 0 aromatic rings. The Kier molecular flexibility index (Phi) is 4.99. The fourth-order valence-corrected chi connectivity index (χ4v) is 2.88. The summed E-state index contributed by atoms with van der Waals surface area (Å²) in [6.45, 7) is 8.69. The summed E-state index contributed by atoms with van der Waals surface area (Å²) >= 11 is 0. The maximum atomic E-state index is 12.3. The number of allylic oxidation sites excluding steroid dienone is 1. The summed E-state index contributed by atoms with van der Waals surface area (Å²) in [4.78, 5) is 14.6. The Bertz CT molecular complexity index is 343. The van der Waals surface area contributed by atoms with Gasteiger partial charge in [0.25, 0.3) is 0 Å². The number of hydrogen-bond acceptors (Lipinski definition) is 3. The predicted octanol–water partition coefficient (Wildman–Crippen LogP) is 1.29. The Hall–Kier alpha value is -0.870. The zero-order valence-corrected chi connectivity index (χ0v) is 12.3. The van der Waals surface area contributed by atoms with Gasteiger partial charge in [0.2, 0.25) is 5.91 Å². The second kappa shape index (κ2) is 6.53. The minimum Gasteiger partial charge on any atom is -0.354 e. The van der Waals surface area contributed by atoms with E-state index in [1.165, 1.54) is 24.8 Å². The zero-order valence-electron chi connectivity index (χ0n) is 12.3. The topological polar surface area (TPSA) is 44.4 Å². The van der Waals surface area contributed by atoms with Crippen molar-refractivity contribution in [1.29, 1.82) is 0 Å². The van der Waals surface area contributed by atoms with Crippen LogP contribution in [0, 0.1) is 0 Å². The number of nitrogens with zero attached hydrogens (tertiary/aromatic N) is 1. The highest BCUT2D eigenvalue weighted by Crippen LogP contribution is 2.20. The van der Waals surface area contributed by atoms with Crippen LogP contribution in [0.25, 0.3) is 0 Å². The van der Waals surface area contributed by atoms with Crippen molar-refractivity contribution < 1.29 is 4.79 Å². The van der Waals surface area contributed by atoms with Crippen LogP contribution in [0.15, 0.2) is 11.6 Å². The van der Waals surface area contributed by atoms with Crippen LogP contribution in [0.5, 0.6) is 0 Å². The summed E-state index contributed by atoms with van der Waals surface area (Å²) in [6, 6.07) is 0. The standard InChI is InChI=1S/C15H27N3O/c1-15(2,18-11-9-16-10-12-18)14(19)17-8-7-13-5-3-4-6-13/h5,16H,3-4,6-12H2,1-2H3,(H,17,19). The molecule has 1 amide bonds. The lowest BCUT2D eigenvalue weighted by molar-refractivity contribution is -0.132. The molecule has 2 N–H and O–H groups in total. The van der Waals surface area contributed by atoms with Crippen molar-refractivity contribution in [1.82, 2.24) is 15.5 Å². The molecule has 4 heteroatoms. The van der Waals surface area contributed by atoms with Crippen LogP contribution in [-0.2, 0) is 4.79 Å². The highest BCUT2D eigenvalue weighted by Gasteiger charge is 2.34. The SMILES string of the molecule is CC(C)(C(=O)NCCC1=CCCC1)N1CCNCC1. The molecule has 1 fully saturated rings. The Labute approximate surface area is 116 Å². The monoisotopic (exact) mass is 265 g/mol. The van der Waals surface area contributed by atoms with Crippen molar-refractivity contribution in [3.8, 4) is 0 Å². The molecule has 0 bridgehead atoms. The summed E-state index contributed by atoms with van der Waals surface area (Å²) in [5, 5.41) is 6.43. The first-order valence-electron chi connectivity index (χ1n) is 7.52. The average Bonchev–Trinajstić information content (AvgIpc) is 2.93. The van der Waals surface area contributed by atoms with E-state index in [1.54, 1.807) is 0 Å². The lowest BCUT2D eigenvalue weighted by atomic mass is 10.0. The van der Waals surface area contributed by atoms with E-state index in [0.29, 0.717) is 0 Å². The number of hydrogen-bond donors (Lipinski definition) is 2. The highest BCUT2D eigenvalue weighted by atomic mass is 16.2. The van der Waals surface area contributed by atoms with E-state index in [0.717, 1.165) is 39.1 Å². The van der Waals surface area contributed by atoms with Gasteiger partial charge >= 0.3 is 0 Å². The molecule has 19 heavy (non-hydrogen) atoms. The van der Waals surface area contributed by atoms with Gasteiger partial charge in [-0.2, -0.15) is 0 Å². The quantitative estimate of drug-likeness (QED) is 0.736. The van der Waals surface area contributed by atoms with Crippen LogP contribution < -0.4 is 10.6 Å². The Morgan fingerprint density at radius 2 is 2.16 bits per heavy atom. The third kappa shape index (κ3) is 3.80. The van der Waals surface area contributed by atoms with Gasteiger partial charge in [-0.15, -0.1) is 0 Å². The van der Waals surface area contributed by atoms with Gasteiger partial charge < -0.3 is 10.6 Å². The van der Waals surface area contributed by atoms with Crippen molar-refractivity contribution in [3.05, 3.63) is 11.6 Å². The number of rotatable bonds is 5. The lowest BCUT2D eigenvalue weighted by Gasteiger charge is -2.39. The van der Waals surface area contributed by atoms with Gasteiger partial charge in [-0.25, -0.2) is 0 Å². The predicted molar refractivity (Wildman–Crippen MR) is 78.1 cm³/mol. The number of nitrogens with one attached hydrogen (secondary N) is 2. The van der Waals surface area contributed by atoms with E-state index in [9.17, 15) is 4.79 Å². The van der Waals surface area contributed by atoms with Gasteiger partial charge in [-0.3, -0.25) is 9.69 Å². The van der Waals surface area contributed by atoms with Crippen molar-refractivity contribution in [2.45, 2.75) is 45.1 Å². The van der Waals surface area contributed by atoms with Crippen molar-refractivity contribution in [2.75, 3.05) is 32.7 Å². The normalized spacial score (nSPS) is 21.3. The molecule has 0 saturated carbocycles. The molecule has 0 atom stereocenters. The zero-order chi connectivity index (χ0) is 13.7. The summed E-state index contributed by atoms with van der Waals surface area (Å²) < 4.78 is 0. The molecule has 2 rings (SSSR count). The van der Waals surface area contributed by atoms with E-state index in [1.807, 2.05) is 13.8 Å². The number of carbonyl (C=O) groups is 1. The number of amides is 1. The molecule has 0 unspecified atom stereocenters. The number of piperazine rings is 1. The summed E-state index contributed by atoms with van der Waals surface area (Å²) in [5.74, 6) is 0.160. The number of carbonyl (C=O) groups excluding carboxylic acids is 1. The van der Waals surface area contributed by atoms with Crippen LogP contribution in [-0.4, -0.2) is 49.1 Å². The van der Waals surface area contributed by atoms with E-state index < -0.39 is 5.54 Å². The molecule has 108 valence electrons. The molecule has 0 aromatic carbocycles. The van der Waals surface area contributed by atoms with Gasteiger partial charge in [0, 0.05) is 32.7 Å². The fourth-order valence-electron chi connectivity index (χ4n) is 2.88. The minimum atomic E-state index is -0.397. The van der Waals surface area contributed by atoms with E-state index in [-0.39, 0.29) is 5.91 Å². The van der Waals surface area contributed by atoms with Crippen LogP contribution >= 0.6 is 0 Å². The van der Waals surface area contributed by atoms with E-state index >= 15 is 0 Å². The molecular formula is C15H27N3O.